The largest absolute Gasteiger partial charge is 0.493 e. The number of para-hydroxylation sites is 1. The van der Waals surface area contributed by atoms with Crippen LogP contribution in [-0.4, -0.2) is 28.3 Å². The van der Waals surface area contributed by atoms with Gasteiger partial charge in [-0.1, -0.05) is 68.1 Å². The van der Waals surface area contributed by atoms with Crippen molar-refractivity contribution in [2.75, 3.05) is 17.3 Å². The molecule has 1 aromatic heterocycles. The van der Waals surface area contributed by atoms with Gasteiger partial charge in [-0.25, -0.2) is 4.90 Å². The van der Waals surface area contributed by atoms with Gasteiger partial charge in [0.2, 0.25) is 11.1 Å². The fourth-order valence-electron chi connectivity index (χ4n) is 4.66. The van der Waals surface area contributed by atoms with Crippen LogP contribution in [0, 0.1) is 0 Å². The highest BCUT2D eigenvalue weighted by Gasteiger charge is 2.46. The average Bonchev–Trinajstić information content (AvgIpc) is 2.86. The molecule has 1 aliphatic rings. The molecule has 7 nitrogen and oxygen atoms in total. The van der Waals surface area contributed by atoms with Crippen LogP contribution in [0.3, 0.4) is 0 Å². The summed E-state index contributed by atoms with van der Waals surface area (Å²) in [6.07, 6.45) is 0.142. The van der Waals surface area contributed by atoms with Gasteiger partial charge in [0, 0.05) is 12.0 Å². The van der Waals surface area contributed by atoms with Crippen molar-refractivity contribution in [2.24, 2.45) is 0 Å². The highest BCUT2D eigenvalue weighted by atomic mass is 32.2. The predicted octanol–water partition coefficient (Wildman–Crippen LogP) is 4.69. The molecule has 0 bridgehead atoms. The SMILES string of the molecule is CCCOc1ccc2ccccc2c1[C@@H]1N(C(C)=O)c2ccccc2-c2c(=O)[nH]c(SCC)n[n+]21. The van der Waals surface area contributed by atoms with E-state index >= 15 is 0 Å². The third kappa shape index (κ3) is 3.97. The number of hydrogen-bond acceptors (Lipinski definition) is 5. The number of carbonyl (C=O) groups is 1. The zero-order valence-electron chi connectivity index (χ0n) is 19.9. The molecule has 1 amide bonds. The number of aromatic amines is 1. The van der Waals surface area contributed by atoms with Gasteiger partial charge in [0.25, 0.3) is 6.17 Å². The summed E-state index contributed by atoms with van der Waals surface area (Å²) in [5.41, 5.74) is 2.31. The van der Waals surface area contributed by atoms with E-state index in [9.17, 15) is 9.59 Å². The van der Waals surface area contributed by atoms with E-state index in [2.05, 4.69) is 11.9 Å². The van der Waals surface area contributed by atoms with E-state index in [1.165, 1.54) is 11.8 Å². The molecule has 35 heavy (non-hydrogen) atoms. The van der Waals surface area contributed by atoms with Crippen LogP contribution in [-0.2, 0) is 4.79 Å². The Morgan fingerprint density at radius 1 is 1.11 bits per heavy atom. The van der Waals surface area contributed by atoms with Gasteiger partial charge < -0.3 is 4.74 Å². The van der Waals surface area contributed by atoms with Crippen molar-refractivity contribution in [2.45, 2.75) is 38.5 Å². The second-order valence-electron chi connectivity index (χ2n) is 8.31. The number of carbonyl (C=O) groups excluding carboxylic acids is 1. The van der Waals surface area contributed by atoms with Gasteiger partial charge in [0.05, 0.1) is 23.4 Å². The number of fused-ring (bicyclic) bond motifs is 4. The molecule has 3 aromatic carbocycles. The number of nitrogens with zero attached hydrogens (tertiary/aromatic N) is 3. The minimum atomic E-state index is -0.700. The minimum absolute atomic E-state index is 0.151. The van der Waals surface area contributed by atoms with E-state index in [0.717, 1.165) is 28.5 Å². The Morgan fingerprint density at radius 2 is 1.89 bits per heavy atom. The van der Waals surface area contributed by atoms with E-state index in [0.29, 0.717) is 34.5 Å². The number of H-pyrrole nitrogens is 1. The molecule has 8 heteroatoms. The van der Waals surface area contributed by atoms with Gasteiger partial charge in [0.1, 0.15) is 5.75 Å². The standard InChI is InChI=1S/C27H26N4O3S/c1-4-16-34-22-15-14-18-10-6-7-11-19(18)23(22)26-30(17(3)32)21-13-9-8-12-20(21)24-25(33)28-27(35-5-2)29-31(24)26/h6-15,26H,4-5,16H2,1-3H3/p+1/t26-/m1/s1. The molecule has 0 fully saturated rings. The van der Waals surface area contributed by atoms with Crippen molar-refractivity contribution in [3.05, 3.63) is 76.6 Å². The molecule has 0 spiro atoms. The number of benzene rings is 3. The van der Waals surface area contributed by atoms with Crippen LogP contribution in [0.4, 0.5) is 5.69 Å². The number of hydrogen-bond donors (Lipinski definition) is 1. The van der Waals surface area contributed by atoms with E-state index in [1.807, 2.05) is 67.6 Å². The monoisotopic (exact) mass is 487 g/mol. The maximum atomic E-state index is 13.4. The summed E-state index contributed by atoms with van der Waals surface area (Å²) < 4.78 is 7.91. The van der Waals surface area contributed by atoms with Crippen molar-refractivity contribution >= 4 is 34.1 Å². The van der Waals surface area contributed by atoms with Crippen molar-refractivity contribution in [3.8, 4) is 17.0 Å². The van der Waals surface area contributed by atoms with Gasteiger partial charge in [-0.2, -0.15) is 0 Å². The molecule has 4 aromatic rings. The Kier molecular flexibility index (Phi) is 6.30. The fourth-order valence-corrected chi connectivity index (χ4v) is 5.24. The van der Waals surface area contributed by atoms with Crippen LogP contribution in [0.5, 0.6) is 5.75 Å². The van der Waals surface area contributed by atoms with Crippen LogP contribution in [0.25, 0.3) is 22.0 Å². The molecule has 1 N–H and O–H groups in total. The summed E-state index contributed by atoms with van der Waals surface area (Å²) in [6, 6.07) is 19.5. The first-order valence-corrected chi connectivity index (χ1v) is 12.8. The minimum Gasteiger partial charge on any atom is -0.493 e. The molecule has 0 saturated heterocycles. The van der Waals surface area contributed by atoms with Crippen LogP contribution in [0.15, 0.2) is 70.6 Å². The summed E-state index contributed by atoms with van der Waals surface area (Å²) in [7, 11) is 0. The Morgan fingerprint density at radius 3 is 2.66 bits per heavy atom. The molecule has 0 aliphatic carbocycles. The molecule has 0 saturated carbocycles. The van der Waals surface area contributed by atoms with E-state index in [1.54, 1.807) is 16.5 Å². The molecule has 2 heterocycles. The number of aromatic nitrogens is 3. The second kappa shape index (κ2) is 9.54. The Labute approximate surface area is 207 Å². The summed E-state index contributed by atoms with van der Waals surface area (Å²) >= 11 is 1.45. The molecule has 1 aliphatic heterocycles. The maximum absolute atomic E-state index is 13.4. The molecule has 0 radical (unpaired) electrons. The van der Waals surface area contributed by atoms with Crippen LogP contribution in [0.2, 0.25) is 0 Å². The van der Waals surface area contributed by atoms with Gasteiger partial charge in [-0.05, 0) is 45.8 Å². The number of thioether (sulfide) groups is 1. The third-order valence-corrected chi connectivity index (χ3v) is 6.77. The Bertz CT molecular complexity index is 1480. The topological polar surface area (TPSA) is 79.2 Å². The lowest BCUT2D eigenvalue weighted by atomic mass is 9.96. The molecular weight excluding hydrogens is 460 g/mol. The maximum Gasteiger partial charge on any atom is 0.325 e. The number of rotatable bonds is 6. The predicted molar refractivity (Wildman–Crippen MR) is 138 cm³/mol. The summed E-state index contributed by atoms with van der Waals surface area (Å²) in [6.45, 7) is 6.14. The second-order valence-corrected chi connectivity index (χ2v) is 9.56. The Hall–Kier alpha value is -3.65. The zero-order valence-corrected chi connectivity index (χ0v) is 20.8. The third-order valence-electron chi connectivity index (χ3n) is 6.03. The van der Waals surface area contributed by atoms with Crippen molar-refractivity contribution in [1.29, 1.82) is 0 Å². The number of ether oxygens (including phenoxy) is 1. The normalized spacial score (nSPS) is 14.5. The zero-order chi connectivity index (χ0) is 24.5. The van der Waals surface area contributed by atoms with E-state index < -0.39 is 6.17 Å². The first-order valence-electron chi connectivity index (χ1n) is 11.8. The van der Waals surface area contributed by atoms with Gasteiger partial charge >= 0.3 is 11.3 Å². The fraction of sp³-hybridized carbons (Fsp3) is 0.259. The van der Waals surface area contributed by atoms with Crippen molar-refractivity contribution < 1.29 is 14.2 Å². The van der Waals surface area contributed by atoms with Crippen LogP contribution >= 0.6 is 11.8 Å². The highest BCUT2D eigenvalue weighted by molar-refractivity contribution is 7.99. The van der Waals surface area contributed by atoms with Crippen LogP contribution < -0.4 is 19.9 Å². The molecule has 0 unspecified atom stereocenters. The number of anilines is 1. The van der Waals surface area contributed by atoms with Crippen molar-refractivity contribution in [1.82, 2.24) is 10.1 Å². The van der Waals surface area contributed by atoms with E-state index in [-0.39, 0.29) is 11.5 Å². The summed E-state index contributed by atoms with van der Waals surface area (Å²) in [5, 5.41) is 7.32. The lowest BCUT2D eigenvalue weighted by molar-refractivity contribution is -0.763. The lowest BCUT2D eigenvalue weighted by Crippen LogP contribution is -2.60. The van der Waals surface area contributed by atoms with Gasteiger partial charge in [-0.15, -0.1) is 0 Å². The number of nitrogens with one attached hydrogen (secondary N) is 1. The first-order chi connectivity index (χ1) is 17.0. The smallest absolute Gasteiger partial charge is 0.325 e. The summed E-state index contributed by atoms with van der Waals surface area (Å²) in [5.74, 6) is 1.27. The highest BCUT2D eigenvalue weighted by Crippen LogP contribution is 2.42. The van der Waals surface area contributed by atoms with Crippen molar-refractivity contribution in [3.63, 3.8) is 0 Å². The molecular formula is C27H27N4O3S+. The molecule has 1 atom stereocenters. The van der Waals surface area contributed by atoms with Crippen LogP contribution in [0.1, 0.15) is 38.9 Å². The van der Waals surface area contributed by atoms with E-state index in [4.69, 9.17) is 9.84 Å². The molecule has 5 rings (SSSR count). The molecule has 178 valence electrons. The van der Waals surface area contributed by atoms with Gasteiger partial charge in [-0.3, -0.25) is 14.6 Å². The lowest BCUT2D eigenvalue weighted by Gasteiger charge is -2.32. The summed E-state index contributed by atoms with van der Waals surface area (Å²) in [4.78, 5) is 31.3. The first kappa shape index (κ1) is 23.1. The average molecular weight is 488 g/mol. The number of amides is 1. The van der Waals surface area contributed by atoms with Gasteiger partial charge in [0.15, 0.2) is 0 Å². The quantitative estimate of drug-likeness (QED) is 0.315. The Balaban J connectivity index is 1.90.